The first-order valence-electron chi connectivity index (χ1n) is 17.2. The van der Waals surface area contributed by atoms with Crippen molar-refractivity contribution in [2.75, 3.05) is 0 Å². The molecule has 9 aromatic rings. The number of benzene rings is 6. The van der Waals surface area contributed by atoms with Crippen LogP contribution in [-0.4, -0.2) is 20.8 Å². The van der Waals surface area contributed by atoms with Gasteiger partial charge in [-0.25, -0.2) is 4.98 Å². The van der Waals surface area contributed by atoms with E-state index in [4.69, 9.17) is 4.98 Å². The van der Waals surface area contributed by atoms with Crippen LogP contribution in [0, 0.1) is 0 Å². The number of pyridine rings is 1. The second-order valence-corrected chi connectivity index (χ2v) is 12.7. The molecule has 9 rings (SSSR count). The second-order valence-electron chi connectivity index (χ2n) is 12.7. The average molecular weight is 655 g/mol. The van der Waals surface area contributed by atoms with E-state index in [0.717, 1.165) is 78.3 Å². The quantitative estimate of drug-likeness (QED) is 0.158. The Morgan fingerprint density at radius 3 is 1.80 bits per heavy atom. The molecule has 4 nitrogen and oxygen atoms in total. The first kappa shape index (κ1) is 30.3. The number of hydrogen-bond donors (Lipinski definition) is 0. The summed E-state index contributed by atoms with van der Waals surface area (Å²) in [6, 6.07) is 57.8. The summed E-state index contributed by atoms with van der Waals surface area (Å²) in [6.07, 6.45) is 4.18. The highest BCUT2D eigenvalue weighted by molar-refractivity contribution is 6.14. The van der Waals surface area contributed by atoms with E-state index in [0.29, 0.717) is 0 Å². The highest BCUT2D eigenvalue weighted by atomic mass is 15.0. The molecule has 242 valence electrons. The fourth-order valence-electron chi connectivity index (χ4n) is 7.47. The molecular weight excluding hydrogens is 621 g/mol. The molecule has 0 aliphatic carbocycles. The number of fused-ring (bicyclic) bond motifs is 4. The lowest BCUT2D eigenvalue weighted by Gasteiger charge is -2.15. The molecule has 4 heteroatoms. The largest absolute Gasteiger partial charge is 0.308 e. The Bertz CT molecular complexity index is 2690. The molecule has 0 aliphatic rings. The third kappa shape index (κ3) is 5.08. The normalized spacial score (nSPS) is 11.6. The van der Waals surface area contributed by atoms with Crippen molar-refractivity contribution in [3.8, 4) is 45.0 Å². The van der Waals surface area contributed by atoms with Gasteiger partial charge in [0.1, 0.15) is 0 Å². The fourth-order valence-corrected chi connectivity index (χ4v) is 7.47. The van der Waals surface area contributed by atoms with Gasteiger partial charge in [-0.2, -0.15) is 0 Å². The number of aliphatic imine (C=N–C) groups is 1. The average Bonchev–Trinajstić information content (AvgIpc) is 3.71. The molecule has 3 aromatic heterocycles. The zero-order chi connectivity index (χ0) is 34.3. The minimum Gasteiger partial charge on any atom is -0.308 e. The molecule has 0 spiro atoms. The van der Waals surface area contributed by atoms with Crippen LogP contribution in [0.3, 0.4) is 0 Å². The molecule has 0 unspecified atom stereocenters. The molecule has 0 fully saturated rings. The van der Waals surface area contributed by atoms with Crippen molar-refractivity contribution in [3.05, 3.63) is 176 Å². The number of aromatic nitrogens is 3. The standard InChI is InChI=1S/C47H34N4/c1-3-16-45-46(48-2)40-29-34(27-28-44(40)50(45)35-21-11-6-12-22-35)37-24-15-25-39-38-23-13-14-26-43(38)51(47(37)39)36-30-41(32-17-7-4-8-18-32)49-42(31-36)33-19-9-5-10-20-33/h3-31H,2H2,1H3/b16-3-. The van der Waals surface area contributed by atoms with Crippen molar-refractivity contribution in [1.29, 1.82) is 0 Å². The topological polar surface area (TPSA) is 35.1 Å². The highest BCUT2D eigenvalue weighted by Crippen LogP contribution is 2.43. The summed E-state index contributed by atoms with van der Waals surface area (Å²) in [5.74, 6) is 0. The summed E-state index contributed by atoms with van der Waals surface area (Å²) in [7, 11) is 0. The number of para-hydroxylation sites is 3. The van der Waals surface area contributed by atoms with Crippen molar-refractivity contribution in [2.24, 2.45) is 4.99 Å². The number of nitrogens with zero attached hydrogens (tertiary/aromatic N) is 4. The lowest BCUT2D eigenvalue weighted by Crippen LogP contribution is -1.99. The monoisotopic (exact) mass is 654 g/mol. The smallest absolute Gasteiger partial charge is 0.0956 e. The molecule has 0 saturated carbocycles. The van der Waals surface area contributed by atoms with Gasteiger partial charge in [0.05, 0.1) is 45.0 Å². The van der Waals surface area contributed by atoms with E-state index in [1.807, 2.05) is 25.1 Å². The van der Waals surface area contributed by atoms with Crippen LogP contribution in [0.4, 0.5) is 5.69 Å². The zero-order valence-corrected chi connectivity index (χ0v) is 28.2. The first-order valence-corrected chi connectivity index (χ1v) is 17.2. The summed E-state index contributed by atoms with van der Waals surface area (Å²) in [6.45, 7) is 6.06. The van der Waals surface area contributed by atoms with Crippen LogP contribution in [-0.2, 0) is 0 Å². The van der Waals surface area contributed by atoms with Gasteiger partial charge in [0.2, 0.25) is 0 Å². The maximum absolute atomic E-state index is 5.19. The summed E-state index contributed by atoms with van der Waals surface area (Å²) < 4.78 is 4.69. The van der Waals surface area contributed by atoms with E-state index in [1.54, 1.807) is 0 Å². The molecule has 0 aliphatic heterocycles. The van der Waals surface area contributed by atoms with Crippen LogP contribution in [0.1, 0.15) is 12.6 Å². The molecule has 6 aromatic carbocycles. The molecule has 0 radical (unpaired) electrons. The van der Waals surface area contributed by atoms with Crippen molar-refractivity contribution < 1.29 is 0 Å². The molecule has 0 saturated heterocycles. The fraction of sp³-hybridized carbons (Fsp3) is 0.0213. The Labute approximate surface area is 296 Å². The SMILES string of the molecule is C=Nc1c(/C=C\C)n(-c2ccccc2)c2ccc(-c3cccc4c5ccccc5n(-c5cc(-c6ccccc6)nc(-c6ccccc6)c5)c34)cc12. The number of allylic oxidation sites excluding steroid dienone is 1. The van der Waals surface area contributed by atoms with Crippen LogP contribution in [0.25, 0.3) is 83.8 Å². The Kier molecular flexibility index (Phi) is 7.48. The minimum absolute atomic E-state index is 0.871. The summed E-state index contributed by atoms with van der Waals surface area (Å²) in [5.41, 5.74) is 13.7. The van der Waals surface area contributed by atoms with Gasteiger partial charge in [-0.3, -0.25) is 4.99 Å². The van der Waals surface area contributed by atoms with Crippen molar-refractivity contribution in [1.82, 2.24) is 14.1 Å². The van der Waals surface area contributed by atoms with Gasteiger partial charge < -0.3 is 9.13 Å². The molecule has 3 heterocycles. The van der Waals surface area contributed by atoms with E-state index in [2.05, 4.69) is 179 Å². The van der Waals surface area contributed by atoms with Crippen LogP contribution >= 0.6 is 0 Å². The second kappa shape index (κ2) is 12.6. The van der Waals surface area contributed by atoms with Crippen LogP contribution in [0.2, 0.25) is 0 Å². The first-order chi connectivity index (χ1) is 25.2. The summed E-state index contributed by atoms with van der Waals surface area (Å²) >= 11 is 0. The molecule has 51 heavy (non-hydrogen) atoms. The molecule has 0 atom stereocenters. The maximum Gasteiger partial charge on any atom is 0.0956 e. The summed E-state index contributed by atoms with van der Waals surface area (Å²) in [4.78, 5) is 9.79. The van der Waals surface area contributed by atoms with E-state index in [1.165, 1.54) is 10.8 Å². The lowest BCUT2D eigenvalue weighted by atomic mass is 10.00. The van der Waals surface area contributed by atoms with Gasteiger partial charge in [0.15, 0.2) is 0 Å². The Balaban J connectivity index is 1.34. The minimum atomic E-state index is 0.871. The van der Waals surface area contributed by atoms with Crippen LogP contribution in [0.5, 0.6) is 0 Å². The predicted octanol–water partition coefficient (Wildman–Crippen LogP) is 12.5. The van der Waals surface area contributed by atoms with Crippen LogP contribution < -0.4 is 0 Å². The van der Waals surface area contributed by atoms with Gasteiger partial charge in [-0.1, -0.05) is 127 Å². The third-order valence-corrected chi connectivity index (χ3v) is 9.69. The molecule has 0 bridgehead atoms. The highest BCUT2D eigenvalue weighted by Gasteiger charge is 2.21. The third-order valence-electron chi connectivity index (χ3n) is 9.69. The van der Waals surface area contributed by atoms with Gasteiger partial charge >= 0.3 is 0 Å². The van der Waals surface area contributed by atoms with E-state index >= 15 is 0 Å². The van der Waals surface area contributed by atoms with Crippen molar-refractivity contribution in [3.63, 3.8) is 0 Å². The lowest BCUT2D eigenvalue weighted by molar-refractivity contribution is 1.11. The van der Waals surface area contributed by atoms with Gasteiger partial charge in [0.25, 0.3) is 0 Å². The number of rotatable bonds is 7. The zero-order valence-electron chi connectivity index (χ0n) is 28.2. The van der Waals surface area contributed by atoms with Gasteiger partial charge in [-0.15, -0.1) is 0 Å². The number of hydrogen-bond acceptors (Lipinski definition) is 2. The van der Waals surface area contributed by atoms with Gasteiger partial charge in [-0.05, 0) is 67.7 Å². The van der Waals surface area contributed by atoms with Crippen molar-refractivity contribution >= 4 is 51.2 Å². The molecule has 0 N–H and O–H groups in total. The Morgan fingerprint density at radius 2 is 1.14 bits per heavy atom. The van der Waals surface area contributed by atoms with E-state index in [9.17, 15) is 0 Å². The summed E-state index contributed by atoms with van der Waals surface area (Å²) in [5, 5.41) is 3.45. The Hall–Kier alpha value is -6.78. The van der Waals surface area contributed by atoms with Crippen LogP contribution in [0.15, 0.2) is 175 Å². The maximum atomic E-state index is 5.19. The molecular formula is C47H34N4. The van der Waals surface area contributed by atoms with Crippen molar-refractivity contribution in [2.45, 2.75) is 6.92 Å². The van der Waals surface area contributed by atoms with Gasteiger partial charge in [0, 0.05) is 38.5 Å². The molecule has 0 amide bonds. The Morgan fingerprint density at radius 1 is 0.529 bits per heavy atom. The van der Waals surface area contributed by atoms with E-state index in [-0.39, 0.29) is 0 Å². The van der Waals surface area contributed by atoms with E-state index < -0.39 is 0 Å². The predicted molar refractivity (Wildman–Crippen MR) is 216 cm³/mol.